The van der Waals surface area contributed by atoms with E-state index in [9.17, 15) is 4.79 Å². The highest BCUT2D eigenvalue weighted by Gasteiger charge is 2.36. The SMILES string of the molecule is COc1ccc(C2=NC(C)=C(C(=O)Nc3ccc4[nH]ncc4c3)C(c3ccc(C)cc3F)N2C)cc1. The molecular formula is C28H26FN5O2. The van der Waals surface area contributed by atoms with Gasteiger partial charge in [0.2, 0.25) is 0 Å². The number of anilines is 1. The van der Waals surface area contributed by atoms with Crippen LogP contribution < -0.4 is 10.1 Å². The minimum Gasteiger partial charge on any atom is -0.497 e. The van der Waals surface area contributed by atoms with E-state index in [1.165, 1.54) is 6.07 Å². The van der Waals surface area contributed by atoms with Crippen molar-refractivity contribution in [3.63, 3.8) is 0 Å². The Morgan fingerprint density at radius 2 is 1.86 bits per heavy atom. The number of halogens is 1. The standard InChI is InChI=1S/C28H26FN5O2/c1-16-5-11-22(23(29)13-16)26-25(28(35)32-20-8-12-24-19(14-20)15-30-33-24)17(2)31-27(34(26)3)18-6-9-21(36-4)10-7-18/h5-15,26H,1-4H3,(H,30,33)(H,32,35). The van der Waals surface area contributed by atoms with Crippen molar-refractivity contribution < 1.29 is 13.9 Å². The molecule has 36 heavy (non-hydrogen) atoms. The zero-order valence-electron chi connectivity index (χ0n) is 20.5. The summed E-state index contributed by atoms with van der Waals surface area (Å²) >= 11 is 0. The van der Waals surface area contributed by atoms with Crippen LogP contribution in [0, 0.1) is 12.7 Å². The number of likely N-dealkylation sites (N-methyl/N-ethyl adjacent to an activating group) is 1. The highest BCUT2D eigenvalue weighted by molar-refractivity contribution is 6.09. The maximum atomic E-state index is 15.3. The quantitative estimate of drug-likeness (QED) is 0.400. The zero-order valence-corrected chi connectivity index (χ0v) is 20.5. The molecule has 1 amide bonds. The normalized spacial score (nSPS) is 15.8. The number of methoxy groups -OCH3 is 1. The van der Waals surface area contributed by atoms with Crippen LogP contribution in [-0.4, -0.2) is 41.0 Å². The van der Waals surface area contributed by atoms with Gasteiger partial charge in [-0.05, 0) is 67.9 Å². The Kier molecular flexibility index (Phi) is 6.01. The topological polar surface area (TPSA) is 82.6 Å². The highest BCUT2D eigenvalue weighted by atomic mass is 19.1. The van der Waals surface area contributed by atoms with Gasteiger partial charge in [-0.15, -0.1) is 0 Å². The monoisotopic (exact) mass is 483 g/mol. The number of aryl methyl sites for hydroxylation is 1. The molecule has 1 aliphatic rings. The van der Waals surface area contributed by atoms with Crippen LogP contribution in [0.5, 0.6) is 5.75 Å². The van der Waals surface area contributed by atoms with Crippen LogP contribution >= 0.6 is 0 Å². The van der Waals surface area contributed by atoms with E-state index >= 15 is 4.39 Å². The molecule has 182 valence electrons. The number of amidine groups is 1. The molecule has 0 spiro atoms. The van der Waals surface area contributed by atoms with Crippen LogP contribution in [0.15, 0.2) is 83.1 Å². The van der Waals surface area contributed by atoms with E-state index in [1.807, 2.05) is 61.3 Å². The van der Waals surface area contributed by atoms with E-state index in [1.54, 1.807) is 32.4 Å². The fourth-order valence-electron chi connectivity index (χ4n) is 4.55. The number of aromatic amines is 1. The molecule has 5 rings (SSSR count). The Balaban J connectivity index is 1.59. The smallest absolute Gasteiger partial charge is 0.255 e. The van der Waals surface area contributed by atoms with Crippen molar-refractivity contribution in [3.05, 3.63) is 101 Å². The molecule has 1 aliphatic heterocycles. The van der Waals surface area contributed by atoms with Gasteiger partial charge in [0.15, 0.2) is 0 Å². The van der Waals surface area contributed by atoms with Gasteiger partial charge in [-0.3, -0.25) is 9.89 Å². The lowest BCUT2D eigenvalue weighted by Gasteiger charge is -2.36. The third-order valence-electron chi connectivity index (χ3n) is 6.40. The number of hydrogen-bond donors (Lipinski definition) is 2. The van der Waals surface area contributed by atoms with E-state index in [2.05, 4.69) is 15.5 Å². The third kappa shape index (κ3) is 4.22. The Hall–Kier alpha value is -4.46. The number of hydrogen-bond acceptors (Lipinski definition) is 5. The lowest BCUT2D eigenvalue weighted by atomic mass is 9.91. The summed E-state index contributed by atoms with van der Waals surface area (Å²) in [5, 5.41) is 10.8. The van der Waals surface area contributed by atoms with E-state index in [0.717, 1.165) is 27.8 Å². The molecule has 4 aromatic rings. The van der Waals surface area contributed by atoms with Gasteiger partial charge < -0.3 is 15.0 Å². The predicted octanol–water partition coefficient (Wildman–Crippen LogP) is 5.37. The van der Waals surface area contributed by atoms with E-state index in [-0.39, 0.29) is 11.7 Å². The van der Waals surface area contributed by atoms with Crippen LogP contribution in [0.3, 0.4) is 0 Å². The number of amides is 1. The molecule has 8 heteroatoms. The summed E-state index contributed by atoms with van der Waals surface area (Å²) < 4.78 is 20.6. The van der Waals surface area contributed by atoms with Gasteiger partial charge in [-0.2, -0.15) is 5.10 Å². The summed E-state index contributed by atoms with van der Waals surface area (Å²) in [7, 11) is 3.43. The van der Waals surface area contributed by atoms with Crippen molar-refractivity contribution in [2.45, 2.75) is 19.9 Å². The number of aliphatic imine (C=N–C) groups is 1. The summed E-state index contributed by atoms with van der Waals surface area (Å²) in [6.07, 6.45) is 1.69. The molecule has 1 atom stereocenters. The van der Waals surface area contributed by atoms with E-state index in [0.29, 0.717) is 28.4 Å². The van der Waals surface area contributed by atoms with Gasteiger partial charge in [0.05, 0.1) is 36.1 Å². The first-order valence-corrected chi connectivity index (χ1v) is 11.5. The van der Waals surface area contributed by atoms with Crippen LogP contribution in [0.4, 0.5) is 10.1 Å². The van der Waals surface area contributed by atoms with Crippen molar-refractivity contribution in [3.8, 4) is 5.75 Å². The van der Waals surface area contributed by atoms with Crippen molar-refractivity contribution in [2.75, 3.05) is 19.5 Å². The summed E-state index contributed by atoms with van der Waals surface area (Å²) in [6.45, 7) is 3.62. The van der Waals surface area contributed by atoms with Gasteiger partial charge in [-0.1, -0.05) is 12.1 Å². The molecule has 0 saturated carbocycles. The van der Waals surface area contributed by atoms with Crippen molar-refractivity contribution in [1.29, 1.82) is 0 Å². The maximum absolute atomic E-state index is 15.3. The first kappa shape index (κ1) is 23.3. The Morgan fingerprint density at radius 1 is 1.08 bits per heavy atom. The fourth-order valence-corrected chi connectivity index (χ4v) is 4.55. The number of carbonyl (C=O) groups excluding carboxylic acids is 1. The number of nitrogens with zero attached hydrogens (tertiary/aromatic N) is 3. The molecule has 7 nitrogen and oxygen atoms in total. The Morgan fingerprint density at radius 3 is 2.58 bits per heavy atom. The van der Waals surface area contributed by atoms with Crippen LogP contribution in [-0.2, 0) is 4.79 Å². The molecule has 0 aliphatic carbocycles. The predicted molar refractivity (Wildman–Crippen MR) is 139 cm³/mol. The molecule has 3 aromatic carbocycles. The van der Waals surface area contributed by atoms with Gasteiger partial charge in [0.25, 0.3) is 5.91 Å². The van der Waals surface area contributed by atoms with Gasteiger partial charge in [0.1, 0.15) is 17.4 Å². The fraction of sp³-hybridized carbons (Fsp3) is 0.179. The largest absolute Gasteiger partial charge is 0.497 e. The number of benzene rings is 3. The number of aromatic nitrogens is 2. The Labute approximate surface area is 208 Å². The number of rotatable bonds is 5. The minimum absolute atomic E-state index is 0.343. The average Bonchev–Trinajstić information content (AvgIpc) is 3.33. The maximum Gasteiger partial charge on any atom is 0.255 e. The van der Waals surface area contributed by atoms with E-state index < -0.39 is 6.04 Å². The second kappa shape index (κ2) is 9.30. The number of H-pyrrole nitrogens is 1. The van der Waals surface area contributed by atoms with Gasteiger partial charge in [-0.25, -0.2) is 9.38 Å². The first-order chi connectivity index (χ1) is 17.4. The molecule has 1 unspecified atom stereocenters. The second-order valence-corrected chi connectivity index (χ2v) is 8.83. The highest BCUT2D eigenvalue weighted by Crippen LogP contribution is 2.37. The number of ether oxygens (including phenoxy) is 1. The molecular weight excluding hydrogens is 457 g/mol. The molecule has 2 N–H and O–H groups in total. The molecule has 0 bridgehead atoms. The summed E-state index contributed by atoms with van der Waals surface area (Å²) in [4.78, 5) is 20.3. The lowest BCUT2D eigenvalue weighted by Crippen LogP contribution is -2.39. The molecule has 0 radical (unpaired) electrons. The first-order valence-electron chi connectivity index (χ1n) is 11.5. The summed E-state index contributed by atoms with van der Waals surface area (Å²) in [6, 6.07) is 17.4. The molecule has 2 heterocycles. The second-order valence-electron chi connectivity index (χ2n) is 8.83. The summed E-state index contributed by atoms with van der Waals surface area (Å²) in [5.41, 5.74) is 4.42. The Bertz CT molecular complexity index is 1520. The molecule has 0 fully saturated rings. The van der Waals surface area contributed by atoms with E-state index in [4.69, 9.17) is 9.73 Å². The van der Waals surface area contributed by atoms with Gasteiger partial charge in [0, 0.05) is 29.2 Å². The van der Waals surface area contributed by atoms with Crippen molar-refractivity contribution >= 4 is 28.3 Å². The van der Waals surface area contributed by atoms with Crippen molar-refractivity contribution in [2.24, 2.45) is 4.99 Å². The summed E-state index contributed by atoms with van der Waals surface area (Å²) in [5.74, 6) is 0.641. The van der Waals surface area contributed by atoms with Crippen LogP contribution in [0.1, 0.15) is 29.7 Å². The number of nitrogens with one attached hydrogen (secondary N) is 2. The average molecular weight is 484 g/mol. The zero-order chi connectivity index (χ0) is 25.4. The number of carbonyl (C=O) groups is 1. The van der Waals surface area contributed by atoms with Crippen molar-refractivity contribution in [1.82, 2.24) is 15.1 Å². The molecule has 0 saturated heterocycles. The number of fused-ring (bicyclic) bond motifs is 1. The van der Waals surface area contributed by atoms with Gasteiger partial charge >= 0.3 is 0 Å². The van der Waals surface area contributed by atoms with Crippen LogP contribution in [0.2, 0.25) is 0 Å². The molecule has 1 aromatic heterocycles. The lowest BCUT2D eigenvalue weighted by molar-refractivity contribution is -0.113. The van der Waals surface area contributed by atoms with Crippen LogP contribution in [0.25, 0.3) is 10.9 Å². The third-order valence-corrected chi connectivity index (χ3v) is 6.40. The number of allylic oxidation sites excluding steroid dienone is 1. The minimum atomic E-state index is -0.683.